The molecule has 1 amide bonds. The number of anilines is 1. The molecule has 34 heavy (non-hydrogen) atoms. The summed E-state index contributed by atoms with van der Waals surface area (Å²) in [5, 5.41) is 4.83. The molecule has 0 saturated carbocycles. The average Bonchev–Trinajstić information content (AvgIpc) is 3.35. The smallest absolute Gasteiger partial charge is 0.257 e. The molecule has 0 unspecified atom stereocenters. The van der Waals surface area contributed by atoms with Crippen LogP contribution in [-0.4, -0.2) is 58.9 Å². The van der Waals surface area contributed by atoms with E-state index in [9.17, 15) is 4.79 Å². The van der Waals surface area contributed by atoms with Gasteiger partial charge in [0.05, 0.1) is 18.4 Å². The molecular formula is C27H27N5O2. The van der Waals surface area contributed by atoms with E-state index in [1.165, 1.54) is 5.56 Å². The van der Waals surface area contributed by atoms with Crippen LogP contribution in [0.3, 0.4) is 0 Å². The van der Waals surface area contributed by atoms with Gasteiger partial charge in [-0.25, -0.2) is 9.67 Å². The van der Waals surface area contributed by atoms with E-state index in [4.69, 9.17) is 9.84 Å². The predicted octanol–water partition coefficient (Wildman–Crippen LogP) is 4.21. The summed E-state index contributed by atoms with van der Waals surface area (Å²) in [6.45, 7) is 4.78. The van der Waals surface area contributed by atoms with Gasteiger partial charge >= 0.3 is 0 Å². The van der Waals surface area contributed by atoms with Crippen molar-refractivity contribution < 1.29 is 9.53 Å². The van der Waals surface area contributed by atoms with E-state index < -0.39 is 0 Å². The van der Waals surface area contributed by atoms with Crippen molar-refractivity contribution >= 4 is 11.7 Å². The lowest BCUT2D eigenvalue weighted by molar-refractivity contribution is 0.0747. The first-order valence-corrected chi connectivity index (χ1v) is 11.4. The quantitative estimate of drug-likeness (QED) is 0.453. The van der Waals surface area contributed by atoms with E-state index in [1.807, 2.05) is 84.8 Å². The Labute approximate surface area is 199 Å². The third-order valence-electron chi connectivity index (χ3n) is 6.13. The van der Waals surface area contributed by atoms with Gasteiger partial charge in [-0.15, -0.1) is 0 Å². The fourth-order valence-corrected chi connectivity index (χ4v) is 4.19. The SMILES string of the molecule is COc1cccc(-c2nn(-c3ccc(C)cc3)cc2C(=O)N2CCN(c3ccccn3)CC2)c1. The number of pyridine rings is 1. The summed E-state index contributed by atoms with van der Waals surface area (Å²) in [7, 11) is 1.64. The molecular weight excluding hydrogens is 426 g/mol. The maximum Gasteiger partial charge on any atom is 0.257 e. The van der Waals surface area contributed by atoms with Crippen molar-refractivity contribution in [3.63, 3.8) is 0 Å². The number of carbonyl (C=O) groups excluding carboxylic acids is 1. The fourth-order valence-electron chi connectivity index (χ4n) is 4.19. The van der Waals surface area contributed by atoms with Crippen molar-refractivity contribution in [3.8, 4) is 22.7 Å². The van der Waals surface area contributed by atoms with Gasteiger partial charge in [-0.1, -0.05) is 35.9 Å². The summed E-state index contributed by atoms with van der Waals surface area (Å²) in [5.41, 5.74) is 4.16. The van der Waals surface area contributed by atoms with Gasteiger partial charge in [0, 0.05) is 44.1 Å². The van der Waals surface area contributed by atoms with Crippen LogP contribution in [0.15, 0.2) is 79.1 Å². The van der Waals surface area contributed by atoms with E-state index >= 15 is 0 Å². The minimum Gasteiger partial charge on any atom is -0.497 e. The molecule has 1 aliphatic heterocycles. The second-order valence-electron chi connectivity index (χ2n) is 8.37. The van der Waals surface area contributed by atoms with E-state index in [1.54, 1.807) is 18.0 Å². The first kappa shape index (κ1) is 21.7. The third kappa shape index (κ3) is 4.37. The van der Waals surface area contributed by atoms with E-state index in [2.05, 4.69) is 9.88 Å². The van der Waals surface area contributed by atoms with Crippen LogP contribution in [0.5, 0.6) is 5.75 Å². The Morgan fingerprint density at radius 3 is 2.44 bits per heavy atom. The van der Waals surface area contributed by atoms with Gasteiger partial charge in [-0.05, 0) is 43.3 Å². The highest BCUT2D eigenvalue weighted by Gasteiger charge is 2.27. The molecule has 1 saturated heterocycles. The van der Waals surface area contributed by atoms with E-state index in [0.717, 1.165) is 35.9 Å². The van der Waals surface area contributed by atoms with E-state index in [0.29, 0.717) is 24.3 Å². The van der Waals surface area contributed by atoms with Crippen molar-refractivity contribution in [2.45, 2.75) is 6.92 Å². The molecule has 1 fully saturated rings. The Bertz CT molecular complexity index is 1280. The van der Waals surface area contributed by atoms with Crippen LogP contribution >= 0.6 is 0 Å². The normalized spacial score (nSPS) is 13.7. The number of methoxy groups -OCH3 is 1. The number of aromatic nitrogens is 3. The van der Waals surface area contributed by atoms with Crippen LogP contribution in [0.4, 0.5) is 5.82 Å². The molecule has 0 radical (unpaired) electrons. The molecule has 0 spiro atoms. The van der Waals surface area contributed by atoms with Crippen LogP contribution in [-0.2, 0) is 0 Å². The molecule has 7 nitrogen and oxygen atoms in total. The summed E-state index contributed by atoms with van der Waals surface area (Å²) in [5.74, 6) is 1.65. The molecule has 7 heteroatoms. The Morgan fingerprint density at radius 1 is 0.941 bits per heavy atom. The number of amides is 1. The molecule has 0 atom stereocenters. The molecule has 1 aliphatic rings. The molecule has 2 aromatic heterocycles. The number of ether oxygens (including phenoxy) is 1. The fraction of sp³-hybridized carbons (Fsp3) is 0.222. The molecule has 5 rings (SSSR count). The Hall–Kier alpha value is -4.13. The Balaban J connectivity index is 1.45. The van der Waals surface area contributed by atoms with Gasteiger partial charge < -0.3 is 14.5 Å². The standard InChI is InChI=1S/C27H27N5O2/c1-20-9-11-22(12-10-20)32-19-24(26(29-32)21-6-5-7-23(18-21)34-2)27(33)31-16-14-30(15-17-31)25-8-3-4-13-28-25/h3-13,18-19H,14-17H2,1-2H3. The molecule has 2 aromatic carbocycles. The first-order valence-electron chi connectivity index (χ1n) is 11.4. The van der Waals surface area contributed by atoms with Crippen LogP contribution in [0, 0.1) is 6.92 Å². The molecule has 4 aromatic rings. The summed E-state index contributed by atoms with van der Waals surface area (Å²) in [6, 6.07) is 21.7. The third-order valence-corrected chi connectivity index (χ3v) is 6.13. The summed E-state index contributed by atoms with van der Waals surface area (Å²) >= 11 is 0. The summed E-state index contributed by atoms with van der Waals surface area (Å²) < 4.78 is 7.19. The molecule has 0 bridgehead atoms. The second kappa shape index (κ2) is 9.39. The van der Waals surface area contributed by atoms with Gasteiger partial charge in [0.15, 0.2) is 0 Å². The maximum atomic E-state index is 13.7. The molecule has 172 valence electrons. The minimum atomic E-state index is -0.0168. The number of benzene rings is 2. The van der Waals surface area contributed by atoms with Crippen molar-refractivity contribution in [1.29, 1.82) is 0 Å². The van der Waals surface area contributed by atoms with Gasteiger partial charge in [0.2, 0.25) is 0 Å². The number of nitrogens with zero attached hydrogens (tertiary/aromatic N) is 5. The number of aryl methyl sites for hydroxylation is 1. The zero-order chi connectivity index (χ0) is 23.5. The molecule has 3 heterocycles. The highest BCUT2D eigenvalue weighted by atomic mass is 16.5. The Kier molecular flexibility index (Phi) is 5.99. The maximum absolute atomic E-state index is 13.7. The number of piperazine rings is 1. The highest BCUT2D eigenvalue weighted by molar-refractivity contribution is 6.00. The summed E-state index contributed by atoms with van der Waals surface area (Å²) in [4.78, 5) is 22.3. The lowest BCUT2D eigenvalue weighted by atomic mass is 10.1. The zero-order valence-corrected chi connectivity index (χ0v) is 19.4. The first-order chi connectivity index (χ1) is 16.6. The second-order valence-corrected chi connectivity index (χ2v) is 8.37. The van der Waals surface area contributed by atoms with Gasteiger partial charge in [0.25, 0.3) is 5.91 Å². The monoisotopic (exact) mass is 453 g/mol. The van der Waals surface area contributed by atoms with Crippen molar-refractivity contribution in [2.75, 3.05) is 38.2 Å². The number of rotatable bonds is 5. The zero-order valence-electron chi connectivity index (χ0n) is 19.4. The van der Waals surface area contributed by atoms with Gasteiger partial charge in [0.1, 0.15) is 17.3 Å². The van der Waals surface area contributed by atoms with Gasteiger partial charge in [-0.3, -0.25) is 4.79 Å². The highest BCUT2D eigenvalue weighted by Crippen LogP contribution is 2.28. The average molecular weight is 454 g/mol. The topological polar surface area (TPSA) is 63.5 Å². The molecule has 0 aliphatic carbocycles. The lowest BCUT2D eigenvalue weighted by Gasteiger charge is -2.35. The number of hydrogen-bond acceptors (Lipinski definition) is 5. The van der Waals surface area contributed by atoms with Crippen molar-refractivity contribution in [1.82, 2.24) is 19.7 Å². The van der Waals surface area contributed by atoms with Crippen molar-refractivity contribution in [3.05, 3.63) is 90.3 Å². The number of hydrogen-bond donors (Lipinski definition) is 0. The van der Waals surface area contributed by atoms with Crippen LogP contribution in [0.1, 0.15) is 15.9 Å². The molecule has 0 N–H and O–H groups in total. The number of carbonyl (C=O) groups is 1. The van der Waals surface area contributed by atoms with E-state index in [-0.39, 0.29) is 5.91 Å². The lowest BCUT2D eigenvalue weighted by Crippen LogP contribution is -2.49. The Morgan fingerprint density at radius 2 is 1.74 bits per heavy atom. The predicted molar refractivity (Wildman–Crippen MR) is 133 cm³/mol. The minimum absolute atomic E-state index is 0.0168. The largest absolute Gasteiger partial charge is 0.497 e. The van der Waals surface area contributed by atoms with Crippen LogP contribution in [0.2, 0.25) is 0 Å². The van der Waals surface area contributed by atoms with Crippen molar-refractivity contribution in [2.24, 2.45) is 0 Å². The van der Waals surface area contributed by atoms with Crippen LogP contribution in [0.25, 0.3) is 16.9 Å². The summed E-state index contributed by atoms with van der Waals surface area (Å²) in [6.07, 6.45) is 3.64. The van der Waals surface area contributed by atoms with Crippen LogP contribution < -0.4 is 9.64 Å². The van der Waals surface area contributed by atoms with Gasteiger partial charge in [-0.2, -0.15) is 5.10 Å².